The molecule has 2 N–H and O–H groups in total. The van der Waals surface area contributed by atoms with E-state index in [0.717, 1.165) is 6.42 Å². The molecule has 1 saturated heterocycles. The summed E-state index contributed by atoms with van der Waals surface area (Å²) in [5, 5.41) is 11.1. The lowest BCUT2D eigenvalue weighted by Gasteiger charge is -2.20. The van der Waals surface area contributed by atoms with Gasteiger partial charge in [-0.05, 0) is 12.8 Å². The van der Waals surface area contributed by atoms with Crippen molar-refractivity contribution in [3.8, 4) is 0 Å². The second-order valence-electron chi connectivity index (χ2n) is 2.74. The van der Waals surface area contributed by atoms with E-state index in [1.54, 1.807) is 0 Å². The number of carboxylic acid groups (broad SMARTS) is 1. The topological polar surface area (TPSA) is 69.6 Å². The van der Waals surface area contributed by atoms with Gasteiger partial charge in [0, 0.05) is 13.6 Å². The van der Waals surface area contributed by atoms with Gasteiger partial charge in [-0.2, -0.15) is 0 Å². The smallest absolute Gasteiger partial charge is 0.326 e. The molecule has 0 saturated carbocycles. The monoisotopic (exact) mass is 172 g/mol. The number of aliphatic carboxylic acids is 1. The Morgan fingerprint density at radius 1 is 1.58 bits per heavy atom. The van der Waals surface area contributed by atoms with Crippen LogP contribution < -0.4 is 5.32 Å². The third-order valence-electron chi connectivity index (χ3n) is 2.01. The zero-order chi connectivity index (χ0) is 9.14. The van der Waals surface area contributed by atoms with Gasteiger partial charge in [-0.15, -0.1) is 0 Å². The highest BCUT2D eigenvalue weighted by Crippen LogP contribution is 2.16. The Hall–Kier alpha value is -1.26. The predicted molar refractivity (Wildman–Crippen MR) is 41.8 cm³/mol. The molecule has 1 aliphatic rings. The molecular weight excluding hydrogens is 160 g/mol. The van der Waals surface area contributed by atoms with Crippen LogP contribution >= 0.6 is 0 Å². The summed E-state index contributed by atoms with van der Waals surface area (Å²) in [5.41, 5.74) is 0. The zero-order valence-corrected chi connectivity index (χ0v) is 6.91. The van der Waals surface area contributed by atoms with Crippen molar-refractivity contribution >= 4 is 12.0 Å². The number of nitrogens with one attached hydrogen (secondary N) is 1. The largest absolute Gasteiger partial charge is 0.480 e. The molecule has 1 heterocycles. The van der Waals surface area contributed by atoms with Crippen molar-refractivity contribution in [3.05, 3.63) is 0 Å². The molecule has 1 unspecified atom stereocenters. The van der Waals surface area contributed by atoms with Gasteiger partial charge in [0.15, 0.2) is 0 Å². The van der Waals surface area contributed by atoms with Crippen LogP contribution in [0.15, 0.2) is 0 Å². The Labute approximate surface area is 70.4 Å². The van der Waals surface area contributed by atoms with Crippen LogP contribution in [0.3, 0.4) is 0 Å². The summed E-state index contributed by atoms with van der Waals surface area (Å²) in [4.78, 5) is 23.0. The van der Waals surface area contributed by atoms with Gasteiger partial charge in [-0.25, -0.2) is 9.59 Å². The highest BCUT2D eigenvalue weighted by Gasteiger charge is 2.33. The summed E-state index contributed by atoms with van der Waals surface area (Å²) in [5.74, 6) is -0.920. The minimum atomic E-state index is -0.920. The van der Waals surface area contributed by atoms with Crippen molar-refractivity contribution in [1.82, 2.24) is 10.2 Å². The number of nitrogens with zero attached hydrogens (tertiary/aromatic N) is 1. The van der Waals surface area contributed by atoms with Gasteiger partial charge in [0.1, 0.15) is 6.04 Å². The summed E-state index contributed by atoms with van der Waals surface area (Å²) >= 11 is 0. The molecule has 0 aliphatic carbocycles. The lowest BCUT2D eigenvalue weighted by molar-refractivity contribution is -0.141. The highest BCUT2D eigenvalue weighted by molar-refractivity contribution is 5.83. The molecule has 5 heteroatoms. The van der Waals surface area contributed by atoms with E-state index >= 15 is 0 Å². The van der Waals surface area contributed by atoms with E-state index in [-0.39, 0.29) is 6.03 Å². The third-order valence-corrected chi connectivity index (χ3v) is 2.01. The van der Waals surface area contributed by atoms with Crippen molar-refractivity contribution < 1.29 is 14.7 Å². The zero-order valence-electron chi connectivity index (χ0n) is 6.91. The van der Waals surface area contributed by atoms with E-state index < -0.39 is 12.0 Å². The normalized spacial score (nSPS) is 22.4. The molecule has 1 fully saturated rings. The molecule has 1 aliphatic heterocycles. The predicted octanol–water partition coefficient (Wildman–Crippen LogP) is -0.125. The van der Waals surface area contributed by atoms with Gasteiger partial charge in [-0.1, -0.05) is 0 Å². The van der Waals surface area contributed by atoms with Crippen LogP contribution in [-0.2, 0) is 4.79 Å². The number of rotatable bonds is 1. The molecule has 5 nitrogen and oxygen atoms in total. The first-order valence-electron chi connectivity index (χ1n) is 3.88. The number of carbonyl (C=O) groups is 2. The molecule has 0 bridgehead atoms. The van der Waals surface area contributed by atoms with Crippen molar-refractivity contribution in [1.29, 1.82) is 0 Å². The summed E-state index contributed by atoms with van der Waals surface area (Å²) in [6, 6.07) is -0.940. The number of carboxylic acids is 1. The Kier molecular flexibility index (Phi) is 2.52. The van der Waals surface area contributed by atoms with Crippen LogP contribution in [0.25, 0.3) is 0 Å². The molecule has 0 aromatic rings. The van der Waals surface area contributed by atoms with Crippen molar-refractivity contribution in [2.24, 2.45) is 0 Å². The van der Waals surface area contributed by atoms with Gasteiger partial charge in [0.25, 0.3) is 0 Å². The third kappa shape index (κ3) is 1.49. The summed E-state index contributed by atoms with van der Waals surface area (Å²) in [7, 11) is 1.50. The Balaban J connectivity index is 2.63. The average Bonchev–Trinajstić information content (AvgIpc) is 2.50. The Morgan fingerprint density at radius 3 is 2.75 bits per heavy atom. The molecule has 2 amide bonds. The maximum Gasteiger partial charge on any atom is 0.326 e. The standard InChI is InChI=1S/C7H12N2O3/c1-8-7(12)9-4-2-3-5(9)6(10)11/h5H,2-4H2,1H3,(H,8,12)(H,10,11). The van der Waals surface area contributed by atoms with Crippen LogP contribution in [0.1, 0.15) is 12.8 Å². The van der Waals surface area contributed by atoms with Crippen LogP contribution in [0.5, 0.6) is 0 Å². The summed E-state index contributed by atoms with van der Waals surface area (Å²) in [6.07, 6.45) is 1.33. The molecule has 68 valence electrons. The van der Waals surface area contributed by atoms with Gasteiger partial charge < -0.3 is 15.3 Å². The maximum atomic E-state index is 11.1. The van der Waals surface area contributed by atoms with Crippen LogP contribution in [-0.4, -0.2) is 41.6 Å². The number of hydrogen-bond acceptors (Lipinski definition) is 2. The van der Waals surface area contributed by atoms with Gasteiger partial charge >= 0.3 is 12.0 Å². The lowest BCUT2D eigenvalue weighted by Crippen LogP contribution is -2.44. The second kappa shape index (κ2) is 3.42. The summed E-state index contributed by atoms with van der Waals surface area (Å²) in [6.45, 7) is 0.538. The van der Waals surface area contributed by atoms with E-state index in [9.17, 15) is 9.59 Å². The molecular formula is C7H12N2O3. The first kappa shape index (κ1) is 8.83. The number of hydrogen-bond donors (Lipinski definition) is 2. The lowest BCUT2D eigenvalue weighted by atomic mass is 10.2. The number of likely N-dealkylation sites (tertiary alicyclic amines) is 1. The molecule has 0 spiro atoms. The van der Waals surface area contributed by atoms with Crippen molar-refractivity contribution in [3.63, 3.8) is 0 Å². The van der Waals surface area contributed by atoms with Crippen molar-refractivity contribution in [2.75, 3.05) is 13.6 Å². The Bertz CT molecular complexity index is 205. The number of amides is 2. The van der Waals surface area contributed by atoms with E-state index in [1.165, 1.54) is 11.9 Å². The van der Waals surface area contributed by atoms with Crippen LogP contribution in [0, 0.1) is 0 Å². The first-order chi connectivity index (χ1) is 5.66. The fourth-order valence-electron chi connectivity index (χ4n) is 1.41. The molecule has 1 atom stereocenters. The maximum absolute atomic E-state index is 11.1. The van der Waals surface area contributed by atoms with Gasteiger partial charge in [0.2, 0.25) is 0 Å². The van der Waals surface area contributed by atoms with E-state index in [0.29, 0.717) is 13.0 Å². The second-order valence-corrected chi connectivity index (χ2v) is 2.74. The van der Waals surface area contributed by atoms with E-state index in [1.807, 2.05) is 0 Å². The fraction of sp³-hybridized carbons (Fsp3) is 0.714. The SMILES string of the molecule is CNC(=O)N1CCCC1C(=O)O. The van der Waals surface area contributed by atoms with E-state index in [2.05, 4.69) is 5.32 Å². The van der Waals surface area contributed by atoms with Crippen molar-refractivity contribution in [2.45, 2.75) is 18.9 Å². The number of carbonyl (C=O) groups excluding carboxylic acids is 1. The molecule has 1 rings (SSSR count). The molecule has 12 heavy (non-hydrogen) atoms. The Morgan fingerprint density at radius 2 is 2.25 bits per heavy atom. The van der Waals surface area contributed by atoms with Crippen LogP contribution in [0.2, 0.25) is 0 Å². The summed E-state index contributed by atoms with van der Waals surface area (Å²) < 4.78 is 0. The molecule has 0 radical (unpaired) electrons. The first-order valence-corrected chi connectivity index (χ1v) is 3.88. The minimum Gasteiger partial charge on any atom is -0.480 e. The highest BCUT2D eigenvalue weighted by atomic mass is 16.4. The fourth-order valence-corrected chi connectivity index (χ4v) is 1.41. The molecule has 0 aromatic heterocycles. The van der Waals surface area contributed by atoms with Gasteiger partial charge in [0.05, 0.1) is 0 Å². The average molecular weight is 172 g/mol. The van der Waals surface area contributed by atoms with Crippen LogP contribution in [0.4, 0.5) is 4.79 Å². The van der Waals surface area contributed by atoms with E-state index in [4.69, 9.17) is 5.11 Å². The molecule has 0 aromatic carbocycles. The van der Waals surface area contributed by atoms with Gasteiger partial charge in [-0.3, -0.25) is 0 Å². The number of urea groups is 1. The minimum absolute atomic E-state index is 0.306. The quantitative estimate of drug-likeness (QED) is 0.579.